The van der Waals surface area contributed by atoms with Crippen LogP contribution in [0.4, 0.5) is 4.39 Å². The lowest BCUT2D eigenvalue weighted by atomic mass is 9.54. The zero-order valence-electron chi connectivity index (χ0n) is 16.3. The molecule has 0 N–H and O–H groups in total. The Morgan fingerprint density at radius 3 is 2.93 bits per heavy atom. The van der Waals surface area contributed by atoms with Gasteiger partial charge in [0.15, 0.2) is 0 Å². The third-order valence-corrected chi connectivity index (χ3v) is 7.72. The first-order chi connectivity index (χ1) is 12.9. The number of hydrogen-bond donors (Lipinski definition) is 0. The molecule has 0 spiro atoms. The highest BCUT2D eigenvalue weighted by atomic mass is 19.1. The summed E-state index contributed by atoms with van der Waals surface area (Å²) in [6.45, 7) is 2.18. The molecule has 0 heterocycles. The Bertz CT molecular complexity index is 758. The molecule has 3 unspecified atom stereocenters. The zero-order chi connectivity index (χ0) is 19.2. The number of esters is 1. The molecule has 1 aromatic rings. The van der Waals surface area contributed by atoms with Crippen molar-refractivity contribution in [1.29, 1.82) is 0 Å². The van der Waals surface area contributed by atoms with Gasteiger partial charge in [0.25, 0.3) is 0 Å². The van der Waals surface area contributed by atoms with E-state index < -0.39 is 0 Å². The molecule has 4 heteroatoms. The van der Waals surface area contributed by atoms with Gasteiger partial charge in [-0.15, -0.1) is 0 Å². The summed E-state index contributed by atoms with van der Waals surface area (Å²) in [5, 5.41) is 0. The number of carbonyl (C=O) groups is 2. The van der Waals surface area contributed by atoms with Gasteiger partial charge in [-0.25, -0.2) is 4.39 Å². The van der Waals surface area contributed by atoms with E-state index in [1.165, 1.54) is 12.7 Å². The van der Waals surface area contributed by atoms with Crippen LogP contribution in [0.1, 0.15) is 68.9 Å². The van der Waals surface area contributed by atoms with Gasteiger partial charge >= 0.3 is 5.97 Å². The van der Waals surface area contributed by atoms with Gasteiger partial charge in [-0.1, -0.05) is 13.0 Å². The van der Waals surface area contributed by atoms with Gasteiger partial charge in [-0.3, -0.25) is 9.59 Å². The minimum Gasteiger partial charge on any atom is -0.469 e. The quantitative estimate of drug-likeness (QED) is 0.712. The second-order valence-corrected chi connectivity index (χ2v) is 8.99. The Hall–Kier alpha value is -1.71. The van der Waals surface area contributed by atoms with Crippen molar-refractivity contribution in [1.82, 2.24) is 0 Å². The van der Waals surface area contributed by atoms with Crippen molar-refractivity contribution in [2.75, 3.05) is 7.11 Å². The van der Waals surface area contributed by atoms with E-state index >= 15 is 0 Å². The third-order valence-electron chi connectivity index (χ3n) is 7.72. The van der Waals surface area contributed by atoms with Gasteiger partial charge in [0.2, 0.25) is 0 Å². The largest absolute Gasteiger partial charge is 0.469 e. The van der Waals surface area contributed by atoms with Crippen LogP contribution in [0.5, 0.6) is 0 Å². The molecule has 0 aromatic heterocycles. The second kappa shape index (κ2) is 7.03. The summed E-state index contributed by atoms with van der Waals surface area (Å²) in [5.41, 5.74) is 2.25. The van der Waals surface area contributed by atoms with E-state index in [0.717, 1.165) is 44.1 Å². The molecule has 2 fully saturated rings. The van der Waals surface area contributed by atoms with E-state index in [-0.39, 0.29) is 17.2 Å². The zero-order valence-corrected chi connectivity index (χ0v) is 16.3. The maximum absolute atomic E-state index is 13.7. The number of aryl methyl sites for hydroxylation is 1. The smallest absolute Gasteiger partial charge is 0.305 e. The average molecular weight is 372 g/mol. The fourth-order valence-corrected chi connectivity index (χ4v) is 6.49. The number of methoxy groups -OCH3 is 1. The number of halogens is 1. The normalized spacial score (nSPS) is 34.6. The number of carbonyl (C=O) groups excluding carboxylic acids is 2. The monoisotopic (exact) mass is 372 g/mol. The Kier molecular flexibility index (Phi) is 4.85. The van der Waals surface area contributed by atoms with Gasteiger partial charge in [0.1, 0.15) is 11.6 Å². The highest BCUT2D eigenvalue weighted by molar-refractivity contribution is 5.87. The lowest BCUT2D eigenvalue weighted by Gasteiger charge is -2.50. The predicted molar refractivity (Wildman–Crippen MR) is 101 cm³/mol. The van der Waals surface area contributed by atoms with Crippen LogP contribution in [-0.4, -0.2) is 18.9 Å². The van der Waals surface area contributed by atoms with Crippen molar-refractivity contribution in [3.05, 3.63) is 35.1 Å². The Morgan fingerprint density at radius 2 is 2.15 bits per heavy atom. The number of benzene rings is 1. The first kappa shape index (κ1) is 18.6. The van der Waals surface area contributed by atoms with Crippen LogP contribution in [0.2, 0.25) is 0 Å². The highest BCUT2D eigenvalue weighted by Gasteiger charge is 2.58. The topological polar surface area (TPSA) is 43.4 Å². The molecular formula is C23H29FO3. The van der Waals surface area contributed by atoms with E-state index in [9.17, 15) is 14.0 Å². The molecule has 3 aliphatic carbocycles. The number of hydrogen-bond acceptors (Lipinski definition) is 3. The number of rotatable bonds is 4. The summed E-state index contributed by atoms with van der Waals surface area (Å²) < 4.78 is 18.4. The van der Waals surface area contributed by atoms with Crippen molar-refractivity contribution in [3.63, 3.8) is 0 Å². The number of fused-ring (bicyclic) bond motifs is 5. The van der Waals surface area contributed by atoms with Crippen molar-refractivity contribution >= 4 is 11.8 Å². The molecule has 1 aromatic carbocycles. The lowest BCUT2D eigenvalue weighted by molar-refractivity contribution is -0.140. The van der Waals surface area contributed by atoms with Gasteiger partial charge in [0.05, 0.1) is 7.11 Å². The summed E-state index contributed by atoms with van der Waals surface area (Å²) in [6, 6.07) is 5.27. The molecule has 0 radical (unpaired) electrons. The van der Waals surface area contributed by atoms with Crippen molar-refractivity contribution in [2.24, 2.45) is 23.2 Å². The van der Waals surface area contributed by atoms with Gasteiger partial charge in [-0.2, -0.15) is 0 Å². The van der Waals surface area contributed by atoms with Crippen molar-refractivity contribution < 1.29 is 18.7 Å². The standard InChI is InChI=1S/C23H29FO3/c1-23-11-10-18-17-9-7-16(24)12-14(17)6-8-19(18)22(23)15(13-20(23)25)4-3-5-21(26)27-2/h7,9,12,15,18-19,22H,3-6,8,10-11,13H2,1-2H3/t15-,18?,19?,22?,23-/m1/s1. The van der Waals surface area contributed by atoms with Crippen LogP contribution < -0.4 is 0 Å². The molecule has 3 aliphatic rings. The second-order valence-electron chi connectivity index (χ2n) is 8.99. The van der Waals surface area contributed by atoms with E-state index in [0.29, 0.717) is 42.3 Å². The molecule has 27 heavy (non-hydrogen) atoms. The van der Waals surface area contributed by atoms with Crippen LogP contribution in [-0.2, 0) is 20.7 Å². The van der Waals surface area contributed by atoms with Crippen LogP contribution in [0.15, 0.2) is 18.2 Å². The SMILES string of the molecule is COC(=O)CCC[C@@H]1CC(=O)[C@@]2(C)CCC3c4ccc(F)cc4CCC3C12. The average Bonchev–Trinajstić information content (AvgIpc) is 2.91. The summed E-state index contributed by atoms with van der Waals surface area (Å²) in [7, 11) is 1.42. The Morgan fingerprint density at radius 1 is 1.33 bits per heavy atom. The van der Waals surface area contributed by atoms with Crippen molar-refractivity contribution in [3.8, 4) is 0 Å². The first-order valence-electron chi connectivity index (χ1n) is 10.3. The highest BCUT2D eigenvalue weighted by Crippen LogP contribution is 2.62. The molecule has 0 bridgehead atoms. The molecule has 4 rings (SSSR count). The van der Waals surface area contributed by atoms with Gasteiger partial charge < -0.3 is 4.74 Å². The fourth-order valence-electron chi connectivity index (χ4n) is 6.49. The molecule has 0 saturated heterocycles. The molecule has 0 aliphatic heterocycles. The maximum Gasteiger partial charge on any atom is 0.305 e. The lowest BCUT2D eigenvalue weighted by Crippen LogP contribution is -2.44. The number of Topliss-reactive ketones (excluding diaryl/α,β-unsaturated/α-hetero) is 1. The fraction of sp³-hybridized carbons (Fsp3) is 0.652. The Labute approximate surface area is 160 Å². The molecule has 146 valence electrons. The number of ketones is 1. The van der Waals surface area contributed by atoms with Crippen LogP contribution >= 0.6 is 0 Å². The summed E-state index contributed by atoms with van der Waals surface area (Å²) in [4.78, 5) is 24.4. The maximum atomic E-state index is 13.7. The minimum atomic E-state index is -0.214. The van der Waals surface area contributed by atoms with E-state index in [1.807, 2.05) is 6.07 Å². The summed E-state index contributed by atoms with van der Waals surface area (Å²) in [5.74, 6) is 1.79. The van der Waals surface area contributed by atoms with E-state index in [1.54, 1.807) is 12.1 Å². The molecule has 0 amide bonds. The van der Waals surface area contributed by atoms with Crippen molar-refractivity contribution in [2.45, 2.75) is 64.2 Å². The summed E-state index contributed by atoms with van der Waals surface area (Å²) in [6.07, 6.45) is 6.70. The van der Waals surface area contributed by atoms with E-state index in [2.05, 4.69) is 6.92 Å². The molecule has 3 nitrogen and oxygen atoms in total. The van der Waals surface area contributed by atoms with Crippen LogP contribution in [0.3, 0.4) is 0 Å². The molecule has 2 saturated carbocycles. The van der Waals surface area contributed by atoms with Gasteiger partial charge in [0, 0.05) is 18.3 Å². The summed E-state index contributed by atoms with van der Waals surface area (Å²) >= 11 is 0. The third kappa shape index (κ3) is 3.11. The minimum absolute atomic E-state index is 0.149. The molecular weight excluding hydrogens is 343 g/mol. The van der Waals surface area contributed by atoms with E-state index in [4.69, 9.17) is 4.74 Å². The van der Waals surface area contributed by atoms with Gasteiger partial charge in [-0.05, 0) is 85.5 Å². The van der Waals surface area contributed by atoms with Crippen LogP contribution in [0, 0.1) is 29.0 Å². The predicted octanol–water partition coefficient (Wildman–Crippen LogP) is 4.82. The first-order valence-corrected chi connectivity index (χ1v) is 10.3. The number of ether oxygens (including phenoxy) is 1. The Balaban J connectivity index is 1.58. The molecule has 5 atom stereocenters. The van der Waals surface area contributed by atoms with Crippen LogP contribution in [0.25, 0.3) is 0 Å².